The van der Waals surface area contributed by atoms with Crippen LogP contribution in [0.1, 0.15) is 24.1 Å². The molecule has 0 spiro atoms. The number of urea groups is 1. The monoisotopic (exact) mass is 464 g/mol. The Hall–Kier alpha value is -3.36. The van der Waals surface area contributed by atoms with Gasteiger partial charge >= 0.3 is 12.0 Å². The highest BCUT2D eigenvalue weighted by molar-refractivity contribution is 5.95. The fraction of sp³-hybridized carbons (Fsp3) is 0.385. The molecule has 2 aromatic carbocycles. The molecular weight excluding hydrogens is 432 g/mol. The van der Waals surface area contributed by atoms with E-state index in [1.165, 1.54) is 12.7 Å². The zero-order chi connectivity index (χ0) is 23.9. The lowest BCUT2D eigenvalue weighted by atomic mass is 9.95. The molecule has 34 heavy (non-hydrogen) atoms. The number of carbonyl (C=O) groups is 2. The van der Waals surface area contributed by atoms with Crippen LogP contribution in [0.4, 0.5) is 4.79 Å². The molecule has 2 aliphatic heterocycles. The Kier molecular flexibility index (Phi) is 7.82. The molecule has 2 amide bonds. The number of benzene rings is 2. The van der Waals surface area contributed by atoms with Gasteiger partial charge in [0.05, 0.1) is 25.3 Å². The lowest BCUT2D eigenvalue weighted by molar-refractivity contribution is -0.136. The largest absolute Gasteiger partial charge is 0.494 e. The standard InChI is InChI=1S/C26H32N4O4/c1-3-34-21-11-9-20(10-12-21)24-23(25(31)33-2)22(27-26(32)28-24)18-30-15-13-29(14-16-30)17-19-7-5-4-6-8-19/h4-12,24H,3,13-18H2,1-2H3,(H2,27,28,32)/t24-/m1/s1. The van der Waals surface area contributed by atoms with Crippen molar-refractivity contribution >= 4 is 12.0 Å². The Morgan fingerprint density at radius 3 is 2.24 bits per heavy atom. The van der Waals surface area contributed by atoms with Crippen LogP contribution in [0.2, 0.25) is 0 Å². The van der Waals surface area contributed by atoms with Gasteiger partial charge in [-0.1, -0.05) is 42.5 Å². The van der Waals surface area contributed by atoms with Crippen molar-refractivity contribution in [2.24, 2.45) is 0 Å². The van der Waals surface area contributed by atoms with E-state index in [0.717, 1.165) is 44.0 Å². The molecule has 0 aromatic heterocycles. The lowest BCUT2D eigenvalue weighted by Crippen LogP contribution is -2.51. The maximum Gasteiger partial charge on any atom is 0.338 e. The van der Waals surface area contributed by atoms with E-state index in [9.17, 15) is 9.59 Å². The molecule has 0 radical (unpaired) electrons. The molecule has 1 atom stereocenters. The topological polar surface area (TPSA) is 83.1 Å². The van der Waals surface area contributed by atoms with Gasteiger partial charge in [0, 0.05) is 45.0 Å². The van der Waals surface area contributed by atoms with E-state index in [1.807, 2.05) is 37.3 Å². The first kappa shape index (κ1) is 23.8. The third kappa shape index (κ3) is 5.76. The van der Waals surface area contributed by atoms with Crippen molar-refractivity contribution in [2.75, 3.05) is 46.4 Å². The fourth-order valence-electron chi connectivity index (χ4n) is 4.44. The van der Waals surface area contributed by atoms with Crippen LogP contribution in [0.25, 0.3) is 0 Å². The predicted octanol–water partition coefficient (Wildman–Crippen LogP) is 2.68. The third-order valence-corrected chi connectivity index (χ3v) is 6.18. The predicted molar refractivity (Wildman–Crippen MR) is 129 cm³/mol. The molecule has 0 unspecified atom stereocenters. The third-order valence-electron chi connectivity index (χ3n) is 6.18. The van der Waals surface area contributed by atoms with Crippen molar-refractivity contribution in [1.82, 2.24) is 20.4 Å². The van der Waals surface area contributed by atoms with Crippen LogP contribution in [0.5, 0.6) is 5.75 Å². The van der Waals surface area contributed by atoms with Crippen LogP contribution in [0.3, 0.4) is 0 Å². The summed E-state index contributed by atoms with van der Waals surface area (Å²) >= 11 is 0. The van der Waals surface area contributed by atoms with Crippen LogP contribution in [0.15, 0.2) is 65.9 Å². The number of rotatable bonds is 8. The average Bonchev–Trinajstić information content (AvgIpc) is 2.86. The van der Waals surface area contributed by atoms with Crippen molar-refractivity contribution in [2.45, 2.75) is 19.5 Å². The molecule has 1 fully saturated rings. The summed E-state index contributed by atoms with van der Waals surface area (Å²) in [4.78, 5) is 30.0. The number of amides is 2. The highest BCUT2D eigenvalue weighted by Crippen LogP contribution is 2.29. The summed E-state index contributed by atoms with van der Waals surface area (Å²) in [5.41, 5.74) is 3.11. The molecule has 0 saturated carbocycles. The van der Waals surface area contributed by atoms with Gasteiger partial charge in [-0.2, -0.15) is 0 Å². The first-order valence-electron chi connectivity index (χ1n) is 11.7. The molecule has 8 nitrogen and oxygen atoms in total. The highest BCUT2D eigenvalue weighted by Gasteiger charge is 2.34. The Bertz CT molecular complexity index is 1010. The van der Waals surface area contributed by atoms with Gasteiger partial charge in [-0.25, -0.2) is 9.59 Å². The van der Waals surface area contributed by atoms with E-state index < -0.39 is 12.0 Å². The summed E-state index contributed by atoms with van der Waals surface area (Å²) < 4.78 is 10.6. The van der Waals surface area contributed by atoms with Crippen LogP contribution >= 0.6 is 0 Å². The molecule has 1 saturated heterocycles. The molecule has 8 heteroatoms. The molecular formula is C26H32N4O4. The van der Waals surface area contributed by atoms with Crippen molar-refractivity contribution in [3.63, 3.8) is 0 Å². The van der Waals surface area contributed by atoms with Gasteiger partial charge in [0.25, 0.3) is 0 Å². The molecule has 0 bridgehead atoms. The summed E-state index contributed by atoms with van der Waals surface area (Å²) in [6.07, 6.45) is 0. The molecule has 2 N–H and O–H groups in total. The number of hydrogen-bond acceptors (Lipinski definition) is 6. The Labute approximate surface area is 200 Å². The quantitative estimate of drug-likeness (QED) is 0.585. The maximum absolute atomic E-state index is 12.8. The van der Waals surface area contributed by atoms with Crippen molar-refractivity contribution in [3.05, 3.63) is 77.0 Å². The van der Waals surface area contributed by atoms with Gasteiger partial charge < -0.3 is 20.1 Å². The fourth-order valence-corrected chi connectivity index (χ4v) is 4.44. The first-order chi connectivity index (χ1) is 16.6. The number of esters is 1. The summed E-state index contributed by atoms with van der Waals surface area (Å²) in [6.45, 7) is 7.43. The lowest BCUT2D eigenvalue weighted by Gasteiger charge is -2.37. The summed E-state index contributed by atoms with van der Waals surface area (Å²) in [5.74, 6) is 0.285. The van der Waals surface area contributed by atoms with Gasteiger partial charge in [0.1, 0.15) is 5.75 Å². The number of piperazine rings is 1. The number of hydrogen-bond donors (Lipinski definition) is 2. The second kappa shape index (κ2) is 11.2. The molecule has 0 aliphatic carbocycles. The van der Waals surface area contributed by atoms with Crippen LogP contribution < -0.4 is 15.4 Å². The normalized spacial score (nSPS) is 19.4. The van der Waals surface area contributed by atoms with Crippen LogP contribution in [0, 0.1) is 0 Å². The summed E-state index contributed by atoms with van der Waals surface area (Å²) in [6, 6.07) is 16.9. The molecule has 2 aliphatic rings. The molecule has 2 aromatic rings. The minimum atomic E-state index is -0.591. The summed E-state index contributed by atoms with van der Waals surface area (Å²) in [7, 11) is 1.36. The van der Waals surface area contributed by atoms with Gasteiger partial charge in [-0.15, -0.1) is 0 Å². The Morgan fingerprint density at radius 1 is 0.971 bits per heavy atom. The zero-order valence-corrected chi connectivity index (χ0v) is 19.8. The van der Waals surface area contributed by atoms with E-state index in [0.29, 0.717) is 24.4 Å². The van der Waals surface area contributed by atoms with E-state index in [2.05, 4.69) is 44.7 Å². The zero-order valence-electron chi connectivity index (χ0n) is 19.8. The van der Waals surface area contributed by atoms with Crippen LogP contribution in [-0.2, 0) is 16.1 Å². The van der Waals surface area contributed by atoms with Gasteiger partial charge in [-0.3, -0.25) is 9.80 Å². The number of nitrogens with one attached hydrogen (secondary N) is 2. The molecule has 2 heterocycles. The second-order valence-corrected chi connectivity index (χ2v) is 8.46. The van der Waals surface area contributed by atoms with E-state index in [4.69, 9.17) is 9.47 Å². The average molecular weight is 465 g/mol. The highest BCUT2D eigenvalue weighted by atomic mass is 16.5. The minimum Gasteiger partial charge on any atom is -0.494 e. The Morgan fingerprint density at radius 2 is 1.62 bits per heavy atom. The van der Waals surface area contributed by atoms with Crippen molar-refractivity contribution < 1.29 is 19.1 Å². The van der Waals surface area contributed by atoms with Gasteiger partial charge in [0.15, 0.2) is 0 Å². The smallest absolute Gasteiger partial charge is 0.338 e. The second-order valence-electron chi connectivity index (χ2n) is 8.46. The van der Waals surface area contributed by atoms with E-state index >= 15 is 0 Å². The van der Waals surface area contributed by atoms with Gasteiger partial charge in [0.2, 0.25) is 0 Å². The number of nitrogens with zero attached hydrogens (tertiary/aromatic N) is 2. The SMILES string of the molecule is CCOc1ccc([C@H]2NC(=O)NC(CN3CCN(Cc4ccccc4)CC3)=C2C(=O)OC)cc1. The maximum atomic E-state index is 12.8. The molecule has 180 valence electrons. The number of methoxy groups -OCH3 is 1. The number of carbonyl (C=O) groups excluding carboxylic acids is 2. The van der Waals surface area contributed by atoms with Crippen LogP contribution in [-0.4, -0.2) is 68.2 Å². The van der Waals surface area contributed by atoms with E-state index in [-0.39, 0.29) is 6.03 Å². The van der Waals surface area contributed by atoms with Crippen molar-refractivity contribution in [1.29, 1.82) is 0 Å². The summed E-state index contributed by atoms with van der Waals surface area (Å²) in [5, 5.41) is 5.73. The van der Waals surface area contributed by atoms with Gasteiger partial charge in [-0.05, 0) is 30.2 Å². The van der Waals surface area contributed by atoms with E-state index in [1.54, 1.807) is 0 Å². The minimum absolute atomic E-state index is 0.329. The number of ether oxygens (including phenoxy) is 2. The van der Waals surface area contributed by atoms with Crippen molar-refractivity contribution in [3.8, 4) is 5.75 Å². The molecule has 4 rings (SSSR count). The Balaban J connectivity index is 1.49. The first-order valence-corrected chi connectivity index (χ1v) is 11.7.